The second kappa shape index (κ2) is 2.90. The Labute approximate surface area is 70.3 Å². The number of hydrogen-bond donors (Lipinski definition) is 0. The van der Waals surface area contributed by atoms with E-state index in [-0.39, 0.29) is 0 Å². The Hall–Kier alpha value is 0.177. The quantitative estimate of drug-likeness (QED) is 0.579. The minimum absolute atomic E-state index is 0.673. The topological polar surface area (TPSA) is 9.23 Å². The Morgan fingerprint density at radius 3 is 2.18 bits per heavy atom. The lowest BCUT2D eigenvalue weighted by atomic mass is 10.3. The lowest BCUT2D eigenvalue weighted by Crippen LogP contribution is -2.43. The van der Waals surface area contributed by atoms with Crippen LogP contribution in [0, 0.1) is 0 Å². The molecule has 11 heavy (non-hydrogen) atoms. The van der Waals surface area contributed by atoms with Crippen LogP contribution in [0.4, 0.5) is 0 Å². The number of rotatable bonds is 2. The highest BCUT2D eigenvalue weighted by Gasteiger charge is 2.38. The first kappa shape index (κ1) is 7.81. The van der Waals surface area contributed by atoms with E-state index in [0.717, 1.165) is 0 Å². The van der Waals surface area contributed by atoms with E-state index in [1.54, 1.807) is 0 Å². The van der Waals surface area contributed by atoms with Gasteiger partial charge in [-0.05, 0) is 31.5 Å². The molecule has 0 N–H and O–H groups in total. The summed E-state index contributed by atoms with van der Waals surface area (Å²) in [6, 6.07) is 2.87. The van der Waals surface area contributed by atoms with Gasteiger partial charge >= 0.3 is 0 Å². The van der Waals surface area contributed by atoms with Crippen molar-refractivity contribution in [1.82, 2.24) is 0 Å². The largest absolute Gasteiger partial charge is 0.414 e. The van der Waals surface area contributed by atoms with Gasteiger partial charge in [0.2, 0.25) is 0 Å². The van der Waals surface area contributed by atoms with Gasteiger partial charge < -0.3 is 4.43 Å². The van der Waals surface area contributed by atoms with Gasteiger partial charge in [-0.1, -0.05) is 19.3 Å². The number of hydrogen-bond acceptors (Lipinski definition) is 1. The van der Waals surface area contributed by atoms with Gasteiger partial charge in [0.1, 0.15) is 0 Å². The first-order valence-electron chi connectivity index (χ1n) is 4.96. The van der Waals surface area contributed by atoms with Crippen LogP contribution in [0.2, 0.25) is 18.6 Å². The average Bonchev–Trinajstić information content (AvgIpc) is 2.36. The molecule has 0 aromatic carbocycles. The third-order valence-corrected chi connectivity index (χ3v) is 6.89. The van der Waals surface area contributed by atoms with Gasteiger partial charge in [0.15, 0.2) is 8.32 Å². The van der Waals surface area contributed by atoms with Crippen molar-refractivity contribution in [3.05, 3.63) is 0 Å². The molecule has 2 fully saturated rings. The van der Waals surface area contributed by atoms with Crippen LogP contribution in [0.15, 0.2) is 0 Å². The molecular formula is C9H18OSi. The second-order valence-corrected chi connectivity index (χ2v) is 8.46. The fourth-order valence-electron chi connectivity index (χ4n) is 2.20. The molecule has 1 aliphatic heterocycles. The minimum atomic E-state index is -1.06. The molecule has 1 nitrogen and oxygen atoms in total. The molecule has 0 aromatic rings. The van der Waals surface area contributed by atoms with Crippen LogP contribution >= 0.6 is 0 Å². The predicted octanol–water partition coefficient (Wildman–Crippen LogP) is 2.92. The summed E-state index contributed by atoms with van der Waals surface area (Å²) >= 11 is 0. The Morgan fingerprint density at radius 1 is 1.09 bits per heavy atom. The molecule has 0 amide bonds. The lowest BCUT2D eigenvalue weighted by molar-refractivity contribution is 0.188. The molecule has 0 spiro atoms. The van der Waals surface area contributed by atoms with Crippen LogP contribution in [-0.4, -0.2) is 14.4 Å². The van der Waals surface area contributed by atoms with Crippen molar-refractivity contribution in [2.24, 2.45) is 0 Å². The van der Waals surface area contributed by atoms with E-state index < -0.39 is 8.32 Å². The highest BCUT2D eigenvalue weighted by molar-refractivity contribution is 6.75. The summed E-state index contributed by atoms with van der Waals surface area (Å²) < 4.78 is 6.17. The molecule has 1 heterocycles. The molecule has 0 bridgehead atoms. The van der Waals surface area contributed by atoms with Crippen molar-refractivity contribution in [1.29, 1.82) is 0 Å². The van der Waals surface area contributed by atoms with Gasteiger partial charge in [-0.15, -0.1) is 0 Å². The van der Waals surface area contributed by atoms with Crippen LogP contribution in [0.25, 0.3) is 0 Å². The van der Waals surface area contributed by atoms with E-state index in [1.165, 1.54) is 44.2 Å². The highest BCUT2D eigenvalue weighted by atomic mass is 28.4. The van der Waals surface area contributed by atoms with Gasteiger partial charge in [0.05, 0.1) is 0 Å². The fourth-order valence-corrected chi connectivity index (χ4v) is 4.83. The van der Waals surface area contributed by atoms with Gasteiger partial charge in [-0.25, -0.2) is 0 Å². The summed E-state index contributed by atoms with van der Waals surface area (Å²) in [6.45, 7) is 2.41. The Balaban J connectivity index is 1.79. The molecule has 2 aliphatic rings. The summed E-state index contributed by atoms with van der Waals surface area (Å²) in [5.74, 6) is 0. The maximum Gasteiger partial charge on any atom is 0.190 e. The van der Waals surface area contributed by atoms with E-state index in [0.29, 0.717) is 6.10 Å². The van der Waals surface area contributed by atoms with Crippen molar-refractivity contribution < 1.29 is 4.43 Å². The van der Waals surface area contributed by atoms with Gasteiger partial charge in [-0.3, -0.25) is 0 Å². The van der Waals surface area contributed by atoms with Crippen LogP contribution in [0.1, 0.15) is 32.1 Å². The zero-order valence-corrected chi connectivity index (χ0v) is 8.44. The molecule has 2 heteroatoms. The van der Waals surface area contributed by atoms with Crippen molar-refractivity contribution >= 4 is 8.32 Å². The monoisotopic (exact) mass is 170 g/mol. The normalized spacial score (nSPS) is 30.3. The summed E-state index contributed by atoms with van der Waals surface area (Å²) in [5, 5.41) is 0. The molecular weight excluding hydrogens is 152 g/mol. The standard InChI is InChI=1S/C9H18OSi/c1-11(7-4-8-11)10-9-5-2-3-6-9/h9H,2-8H2,1H3. The molecule has 1 aliphatic carbocycles. The molecule has 0 unspecified atom stereocenters. The van der Waals surface area contributed by atoms with Crippen molar-refractivity contribution in [2.45, 2.75) is 56.8 Å². The van der Waals surface area contributed by atoms with Crippen molar-refractivity contribution in [3.8, 4) is 0 Å². The van der Waals surface area contributed by atoms with Crippen LogP contribution < -0.4 is 0 Å². The van der Waals surface area contributed by atoms with E-state index in [1.807, 2.05) is 0 Å². The summed E-state index contributed by atoms with van der Waals surface area (Å²) in [4.78, 5) is 0. The van der Waals surface area contributed by atoms with Gasteiger partial charge in [0.25, 0.3) is 0 Å². The highest BCUT2D eigenvalue weighted by Crippen LogP contribution is 2.36. The molecule has 64 valence electrons. The van der Waals surface area contributed by atoms with Crippen LogP contribution in [-0.2, 0) is 4.43 Å². The lowest BCUT2D eigenvalue weighted by Gasteiger charge is -2.38. The smallest absolute Gasteiger partial charge is 0.190 e. The molecule has 1 saturated heterocycles. The summed E-state index contributed by atoms with van der Waals surface area (Å²) in [7, 11) is -1.06. The maximum absolute atomic E-state index is 6.17. The SMILES string of the molecule is C[Si]1(OC2CCCC2)CCC1. The van der Waals surface area contributed by atoms with Gasteiger partial charge in [0, 0.05) is 6.10 Å². The van der Waals surface area contributed by atoms with Gasteiger partial charge in [-0.2, -0.15) is 0 Å². The van der Waals surface area contributed by atoms with E-state index >= 15 is 0 Å². The molecule has 0 atom stereocenters. The third-order valence-electron chi connectivity index (χ3n) is 3.16. The Morgan fingerprint density at radius 2 is 1.73 bits per heavy atom. The fraction of sp³-hybridized carbons (Fsp3) is 1.00. The second-order valence-electron chi connectivity index (χ2n) is 4.33. The zero-order valence-electron chi connectivity index (χ0n) is 7.44. The van der Waals surface area contributed by atoms with E-state index in [2.05, 4.69) is 6.55 Å². The van der Waals surface area contributed by atoms with Crippen molar-refractivity contribution in [2.75, 3.05) is 0 Å². The molecule has 0 radical (unpaired) electrons. The first-order chi connectivity index (χ1) is 5.29. The molecule has 1 saturated carbocycles. The van der Waals surface area contributed by atoms with Crippen LogP contribution in [0.3, 0.4) is 0 Å². The zero-order chi connectivity index (χ0) is 7.73. The summed E-state index contributed by atoms with van der Waals surface area (Å²) in [5.41, 5.74) is 0. The molecule has 0 aromatic heterocycles. The predicted molar refractivity (Wildman–Crippen MR) is 49.2 cm³/mol. The van der Waals surface area contributed by atoms with E-state index in [9.17, 15) is 0 Å². The van der Waals surface area contributed by atoms with Crippen LogP contribution in [0.5, 0.6) is 0 Å². The average molecular weight is 170 g/mol. The summed E-state index contributed by atoms with van der Waals surface area (Å²) in [6.07, 6.45) is 7.64. The molecule has 2 rings (SSSR count). The first-order valence-corrected chi connectivity index (χ1v) is 7.79. The third kappa shape index (κ3) is 1.67. The van der Waals surface area contributed by atoms with E-state index in [4.69, 9.17) is 4.43 Å². The minimum Gasteiger partial charge on any atom is -0.414 e. The van der Waals surface area contributed by atoms with Crippen molar-refractivity contribution in [3.63, 3.8) is 0 Å². The maximum atomic E-state index is 6.17. The Bertz CT molecular complexity index is 136. The Kier molecular flexibility index (Phi) is 2.06.